The maximum absolute atomic E-state index is 4.52. The molecule has 0 bridgehead atoms. The van der Waals surface area contributed by atoms with E-state index >= 15 is 0 Å². The average molecular weight is 372 g/mol. The second-order valence-corrected chi connectivity index (χ2v) is 7.80. The van der Waals surface area contributed by atoms with Crippen LogP contribution in [-0.2, 0) is 0 Å². The maximum atomic E-state index is 4.52. The Hall–Kier alpha value is -1.59. The van der Waals surface area contributed by atoms with Crippen LogP contribution in [0.4, 0.5) is 0 Å². The first-order chi connectivity index (χ1) is 13.3. The number of benzene rings is 1. The number of likely N-dealkylation sites (N-methyl/N-ethyl adjacent to an activating group) is 1. The highest BCUT2D eigenvalue weighted by Gasteiger charge is 2.25. The molecule has 0 radical (unpaired) electrons. The van der Waals surface area contributed by atoms with Crippen molar-refractivity contribution >= 4 is 5.96 Å². The molecular weight excluding hydrogens is 334 g/mol. The van der Waals surface area contributed by atoms with Gasteiger partial charge >= 0.3 is 0 Å². The van der Waals surface area contributed by atoms with Crippen LogP contribution in [0.15, 0.2) is 35.3 Å². The first-order valence-corrected chi connectivity index (χ1v) is 10.8. The Morgan fingerprint density at radius 2 is 1.78 bits per heavy atom. The molecule has 2 fully saturated rings. The highest BCUT2D eigenvalue weighted by molar-refractivity contribution is 5.80. The van der Waals surface area contributed by atoms with E-state index in [0.717, 1.165) is 25.6 Å². The minimum Gasteiger partial charge on any atom is -0.356 e. The normalized spacial score (nSPS) is 22.4. The first-order valence-electron chi connectivity index (χ1n) is 10.8. The van der Waals surface area contributed by atoms with Gasteiger partial charge < -0.3 is 20.0 Å². The van der Waals surface area contributed by atoms with Crippen LogP contribution in [0.1, 0.15) is 37.7 Å². The Labute approximate surface area is 165 Å². The summed E-state index contributed by atoms with van der Waals surface area (Å²) in [6.07, 6.45) is 3.69. The molecule has 0 spiro atoms. The zero-order valence-electron chi connectivity index (χ0n) is 17.2. The molecule has 0 amide bonds. The van der Waals surface area contributed by atoms with Crippen LogP contribution in [0.25, 0.3) is 0 Å². The fourth-order valence-electron chi connectivity index (χ4n) is 4.27. The molecule has 2 aliphatic heterocycles. The van der Waals surface area contributed by atoms with E-state index in [1.165, 1.54) is 64.1 Å². The third-order valence-corrected chi connectivity index (χ3v) is 6.07. The molecule has 5 heteroatoms. The quantitative estimate of drug-likeness (QED) is 0.454. The molecular formula is C22H37N5. The number of piperazine rings is 1. The Morgan fingerprint density at radius 3 is 2.48 bits per heavy atom. The van der Waals surface area contributed by atoms with E-state index in [9.17, 15) is 0 Å². The van der Waals surface area contributed by atoms with Crippen LogP contribution in [0.5, 0.6) is 0 Å². The SMILES string of the molecule is CCN1CCN(CCCCNC(=NC)N2CCC(c3ccccc3)C2)CC1. The van der Waals surface area contributed by atoms with E-state index in [1.807, 2.05) is 7.05 Å². The third-order valence-electron chi connectivity index (χ3n) is 6.07. The topological polar surface area (TPSA) is 34.1 Å². The summed E-state index contributed by atoms with van der Waals surface area (Å²) < 4.78 is 0. The van der Waals surface area contributed by atoms with Gasteiger partial charge in [0.15, 0.2) is 5.96 Å². The highest BCUT2D eigenvalue weighted by Crippen LogP contribution is 2.26. The van der Waals surface area contributed by atoms with E-state index < -0.39 is 0 Å². The van der Waals surface area contributed by atoms with E-state index in [2.05, 4.69) is 62.3 Å². The monoisotopic (exact) mass is 371 g/mol. The smallest absolute Gasteiger partial charge is 0.193 e. The predicted molar refractivity (Wildman–Crippen MR) is 115 cm³/mol. The molecule has 2 aliphatic rings. The number of hydrogen-bond acceptors (Lipinski definition) is 3. The number of likely N-dealkylation sites (tertiary alicyclic amines) is 1. The number of hydrogen-bond donors (Lipinski definition) is 1. The molecule has 5 nitrogen and oxygen atoms in total. The van der Waals surface area contributed by atoms with Gasteiger partial charge in [-0.05, 0) is 37.9 Å². The molecule has 1 atom stereocenters. The van der Waals surface area contributed by atoms with Crippen molar-refractivity contribution in [3.8, 4) is 0 Å². The number of nitrogens with one attached hydrogen (secondary N) is 1. The third kappa shape index (κ3) is 5.94. The number of aliphatic imine (C=N–C) groups is 1. The average Bonchev–Trinajstić information content (AvgIpc) is 3.22. The zero-order valence-corrected chi connectivity index (χ0v) is 17.2. The summed E-state index contributed by atoms with van der Waals surface area (Å²) in [5.41, 5.74) is 1.46. The van der Waals surface area contributed by atoms with Crippen molar-refractivity contribution in [1.82, 2.24) is 20.0 Å². The number of guanidine groups is 1. The van der Waals surface area contributed by atoms with Gasteiger partial charge in [-0.15, -0.1) is 0 Å². The molecule has 0 aromatic heterocycles. The van der Waals surface area contributed by atoms with Gasteiger partial charge in [-0.3, -0.25) is 4.99 Å². The lowest BCUT2D eigenvalue weighted by Gasteiger charge is -2.34. The molecule has 2 saturated heterocycles. The molecule has 1 N–H and O–H groups in total. The van der Waals surface area contributed by atoms with Crippen molar-refractivity contribution in [2.24, 2.45) is 4.99 Å². The lowest BCUT2D eigenvalue weighted by atomic mass is 9.99. The summed E-state index contributed by atoms with van der Waals surface area (Å²) in [6.45, 7) is 12.8. The van der Waals surface area contributed by atoms with Gasteiger partial charge in [0.25, 0.3) is 0 Å². The fourth-order valence-corrected chi connectivity index (χ4v) is 4.27. The molecule has 2 heterocycles. The van der Waals surface area contributed by atoms with Crippen LogP contribution >= 0.6 is 0 Å². The maximum Gasteiger partial charge on any atom is 0.193 e. The van der Waals surface area contributed by atoms with Crippen molar-refractivity contribution < 1.29 is 0 Å². The molecule has 1 aromatic rings. The summed E-state index contributed by atoms with van der Waals surface area (Å²) >= 11 is 0. The van der Waals surface area contributed by atoms with Crippen LogP contribution in [0.3, 0.4) is 0 Å². The second-order valence-electron chi connectivity index (χ2n) is 7.80. The molecule has 1 unspecified atom stereocenters. The molecule has 0 aliphatic carbocycles. The first kappa shape index (κ1) is 20.2. The Bertz CT molecular complexity index is 565. The molecule has 0 saturated carbocycles. The van der Waals surface area contributed by atoms with E-state index in [4.69, 9.17) is 0 Å². The van der Waals surface area contributed by atoms with Crippen molar-refractivity contribution in [2.45, 2.75) is 32.1 Å². The van der Waals surface area contributed by atoms with E-state index in [1.54, 1.807) is 0 Å². The molecule has 150 valence electrons. The number of nitrogens with zero attached hydrogens (tertiary/aromatic N) is 4. The van der Waals surface area contributed by atoms with Crippen molar-refractivity contribution in [2.75, 3.05) is 66.0 Å². The molecule has 3 rings (SSSR count). The molecule has 27 heavy (non-hydrogen) atoms. The van der Waals surface area contributed by atoms with Gasteiger partial charge in [0.05, 0.1) is 0 Å². The van der Waals surface area contributed by atoms with Gasteiger partial charge in [-0.25, -0.2) is 0 Å². The second kappa shape index (κ2) is 10.7. The van der Waals surface area contributed by atoms with Crippen LogP contribution in [0.2, 0.25) is 0 Å². The predicted octanol–water partition coefficient (Wildman–Crippen LogP) is 2.47. The van der Waals surface area contributed by atoms with Gasteiger partial charge in [-0.2, -0.15) is 0 Å². The highest BCUT2D eigenvalue weighted by atomic mass is 15.3. The summed E-state index contributed by atoms with van der Waals surface area (Å²) in [5, 5.41) is 3.59. The summed E-state index contributed by atoms with van der Waals surface area (Å²) in [6, 6.07) is 10.9. The standard InChI is InChI=1S/C22H37N5/c1-3-25-15-17-26(18-16-25)13-8-7-12-24-22(23-2)27-14-11-21(19-27)20-9-5-4-6-10-20/h4-6,9-10,21H,3,7-8,11-19H2,1-2H3,(H,23,24). The molecule has 1 aromatic carbocycles. The van der Waals surface area contributed by atoms with Gasteiger partial charge in [0.1, 0.15) is 0 Å². The van der Waals surface area contributed by atoms with E-state index in [-0.39, 0.29) is 0 Å². The Kier molecular flexibility index (Phi) is 7.96. The number of unbranched alkanes of at least 4 members (excludes halogenated alkanes) is 1. The number of rotatable bonds is 7. The van der Waals surface area contributed by atoms with Gasteiger partial charge in [0.2, 0.25) is 0 Å². The van der Waals surface area contributed by atoms with Crippen molar-refractivity contribution in [3.63, 3.8) is 0 Å². The van der Waals surface area contributed by atoms with E-state index in [0.29, 0.717) is 5.92 Å². The van der Waals surface area contributed by atoms with Crippen LogP contribution in [-0.4, -0.2) is 86.6 Å². The van der Waals surface area contributed by atoms with Crippen LogP contribution in [0, 0.1) is 0 Å². The summed E-state index contributed by atoms with van der Waals surface area (Å²) in [7, 11) is 1.91. The fraction of sp³-hybridized carbons (Fsp3) is 0.682. The van der Waals surface area contributed by atoms with Crippen molar-refractivity contribution in [1.29, 1.82) is 0 Å². The zero-order chi connectivity index (χ0) is 18.9. The Balaban J connectivity index is 1.32. The van der Waals surface area contributed by atoms with Gasteiger partial charge in [-0.1, -0.05) is 37.3 Å². The lowest BCUT2D eigenvalue weighted by Crippen LogP contribution is -2.46. The summed E-state index contributed by atoms with van der Waals surface area (Å²) in [5.74, 6) is 1.71. The van der Waals surface area contributed by atoms with Crippen LogP contribution < -0.4 is 5.32 Å². The van der Waals surface area contributed by atoms with Gasteiger partial charge in [0, 0.05) is 58.8 Å². The lowest BCUT2D eigenvalue weighted by molar-refractivity contribution is 0.136. The minimum absolute atomic E-state index is 0.631. The Morgan fingerprint density at radius 1 is 1.04 bits per heavy atom. The minimum atomic E-state index is 0.631. The summed E-state index contributed by atoms with van der Waals surface area (Å²) in [4.78, 5) is 12.1. The van der Waals surface area contributed by atoms with Crippen molar-refractivity contribution in [3.05, 3.63) is 35.9 Å². The largest absolute Gasteiger partial charge is 0.356 e.